The molecule has 3 aliphatic heterocycles. The van der Waals surface area contributed by atoms with E-state index in [0.717, 1.165) is 65.6 Å². The molecule has 2 fully saturated rings. The molecule has 14 N–H and O–H groups in total. The summed E-state index contributed by atoms with van der Waals surface area (Å²) in [6.45, 7) is 11.5. The number of guanidine groups is 1. The smallest absolute Gasteiger partial charge is 0.243 e. The van der Waals surface area contributed by atoms with Gasteiger partial charge in [0.15, 0.2) is 11.7 Å². The normalized spacial score (nSPS) is 30.5. The third-order valence-electron chi connectivity index (χ3n) is 19.8. The first-order valence-corrected chi connectivity index (χ1v) is 31.7. The number of aromatic hydroxyl groups is 1. The highest BCUT2D eigenvalue weighted by Gasteiger charge is 2.64. The Labute approximate surface area is 520 Å². The minimum absolute atomic E-state index is 0.00160. The number of phenolic OH excluding ortho intramolecular Hbond substituents is 1. The van der Waals surface area contributed by atoms with Crippen LogP contribution in [0.4, 0.5) is 0 Å². The molecule has 468 valence electrons. The van der Waals surface area contributed by atoms with Crippen LogP contribution in [0.2, 0.25) is 0 Å². The van der Waals surface area contributed by atoms with Crippen molar-refractivity contribution < 1.29 is 39.9 Å². The van der Waals surface area contributed by atoms with E-state index in [1.807, 2.05) is 80.6 Å². The predicted octanol–water partition coefficient (Wildman–Crippen LogP) is 8.21. The summed E-state index contributed by atoms with van der Waals surface area (Å²) in [5.74, 6) is 4.07. The number of Topliss-reactive ketones (excluding diaryl/α,β-unsaturated/α-hetero) is 1. The summed E-state index contributed by atoms with van der Waals surface area (Å²) < 4.78 is 6.38. The summed E-state index contributed by atoms with van der Waals surface area (Å²) in [5, 5.41) is 71.4. The summed E-state index contributed by atoms with van der Waals surface area (Å²) in [7, 11) is 0. The van der Waals surface area contributed by atoms with Crippen LogP contribution < -0.4 is 33.2 Å². The molecule has 15 nitrogen and oxygen atoms in total. The van der Waals surface area contributed by atoms with Gasteiger partial charge in [0.2, 0.25) is 5.91 Å². The maximum absolute atomic E-state index is 15.3. The molecule has 3 heterocycles. The highest BCUT2D eigenvalue weighted by Crippen LogP contribution is 2.63. The van der Waals surface area contributed by atoms with Crippen molar-refractivity contribution in [3.8, 4) is 17.6 Å². The van der Waals surface area contributed by atoms with E-state index >= 15 is 4.79 Å². The molecule has 1 amide bonds. The Morgan fingerprint density at radius 3 is 2.45 bits per heavy atom. The number of aliphatic hydroxyl groups is 4. The number of aliphatic imine (C=N–C) groups is 1. The van der Waals surface area contributed by atoms with Gasteiger partial charge in [-0.3, -0.25) is 19.9 Å². The number of ketones is 1. The van der Waals surface area contributed by atoms with Crippen LogP contribution in [-0.4, -0.2) is 106 Å². The van der Waals surface area contributed by atoms with Gasteiger partial charge in [0.1, 0.15) is 24.6 Å². The van der Waals surface area contributed by atoms with Gasteiger partial charge in [0.25, 0.3) is 0 Å². The Morgan fingerprint density at radius 1 is 0.932 bits per heavy atom. The maximum atomic E-state index is 15.3. The van der Waals surface area contributed by atoms with Crippen LogP contribution in [0.15, 0.2) is 161 Å². The number of allylic oxidation sites excluding steroid dienone is 5. The SMILES string of the molecule is C=C1/C=C/C=C(\[C@H]2CC[C@@]3([C@@H]4CC[C@H](O)Cc5cccc(c5)C[C@H]([C@H](CN=C(N)N)c5ccc(O)cc5)[C@H](O)CN[C@H]5C(=O)N[C@@H](N)c6cccc(c65)CC(=O)C(C)=C4CC[C@@]3(C)O)[C@@H]2O)COCC#CC/C(CCCc2ccccc2)=C/C[C@@H]1NCC. The minimum Gasteiger partial charge on any atom is -0.508 e. The van der Waals surface area contributed by atoms with Gasteiger partial charge < -0.3 is 58.1 Å². The number of phenols is 1. The number of nitrogens with zero attached hydrogens (tertiary/aromatic N) is 1. The topological polar surface area (TPSA) is 271 Å². The first-order valence-electron chi connectivity index (χ1n) is 31.7. The number of β-amino-alcohol motifs (C(OH)–C–C–N with tert-alkyl or cyclic N) is 1. The molecule has 4 aromatic carbocycles. The molecule has 4 aromatic rings. The zero-order valence-electron chi connectivity index (χ0n) is 51.6. The van der Waals surface area contributed by atoms with E-state index < -0.39 is 71.1 Å². The van der Waals surface area contributed by atoms with Gasteiger partial charge in [-0.05, 0) is 177 Å². The van der Waals surface area contributed by atoms with Crippen LogP contribution >= 0.6 is 0 Å². The van der Waals surface area contributed by atoms with Gasteiger partial charge in [-0.25, -0.2) is 0 Å². The van der Waals surface area contributed by atoms with Crippen LogP contribution in [0.1, 0.15) is 142 Å². The lowest BCUT2D eigenvalue weighted by Crippen LogP contribution is -2.59. The van der Waals surface area contributed by atoms with Crippen LogP contribution in [0.5, 0.6) is 5.75 Å². The quantitative estimate of drug-likeness (QED) is 0.0293. The number of nitrogens with two attached hydrogens (primary N) is 3. The molecule has 5 aliphatic rings. The molecule has 2 bridgehead atoms. The first-order chi connectivity index (χ1) is 42.4. The molecule has 9 rings (SSSR count). The number of benzene rings is 4. The van der Waals surface area contributed by atoms with Gasteiger partial charge in [-0.15, -0.1) is 0 Å². The molecular weight excluding hydrogens is 1100 g/mol. The van der Waals surface area contributed by atoms with E-state index in [1.165, 1.54) is 11.1 Å². The summed E-state index contributed by atoms with van der Waals surface area (Å²) in [5.41, 5.74) is 26.1. The van der Waals surface area contributed by atoms with E-state index in [4.69, 9.17) is 21.9 Å². The number of carbonyl (C=O) groups is 2. The Balaban J connectivity index is 1.06. The highest BCUT2D eigenvalue weighted by molar-refractivity contribution is 5.98. The first kappa shape index (κ1) is 65.5. The largest absolute Gasteiger partial charge is 0.508 e. The van der Waals surface area contributed by atoms with Crippen molar-refractivity contribution in [3.63, 3.8) is 0 Å². The van der Waals surface area contributed by atoms with Crippen LogP contribution in [-0.2, 0) is 40.0 Å². The van der Waals surface area contributed by atoms with Gasteiger partial charge in [0.05, 0.1) is 30.5 Å². The average molecular weight is 1200 g/mol. The fourth-order valence-corrected chi connectivity index (χ4v) is 15.0. The second-order valence-corrected chi connectivity index (χ2v) is 25.4. The van der Waals surface area contributed by atoms with Crippen molar-refractivity contribution in [3.05, 3.63) is 195 Å². The summed E-state index contributed by atoms with van der Waals surface area (Å²) in [6.07, 6.45) is 11.8. The molecule has 0 unspecified atom stereocenters. The van der Waals surface area contributed by atoms with Crippen molar-refractivity contribution in [1.82, 2.24) is 16.0 Å². The standard InChI is InChI=1S/C73H93N7O8/c1-5-77-63-33-26-49(20-12-19-48-16-7-6-8-17-48)18-9-10-38-88-45-54(24-11-15-46(63)2)58-35-37-73(68(58)85)62-32-31-56(82)40-50-21-13-22-51(39-50)41-60(61(43-79-71(75)76)52-27-29-55(81)30-28-52)65(84)44-78-67-66-53(23-14-25-59(66)69(74)80-70(67)86)42-64(83)47(3)57(62)34-36-72(73,4)87/h6-8,11,13-17,21-30,39,56,58,60-63,65,67-69,77-78,81-82,84-85,87H,2,5,12,18-20,31-38,40-45,74H2,1,3-4H3,(H,80,86)(H4,75,76,79)/b15-11+,49-26-,54-24-,57-47?/t56-,58+,60+,61+,62+,63-,65+,67+,68+,69+,72+,73+/m0/s1. The van der Waals surface area contributed by atoms with Crippen molar-refractivity contribution in [1.29, 1.82) is 0 Å². The maximum Gasteiger partial charge on any atom is 0.243 e. The molecule has 0 radical (unpaired) electrons. The molecule has 0 aromatic heterocycles. The zero-order chi connectivity index (χ0) is 62.5. The average Bonchev–Trinajstić information content (AvgIpc) is 1.44. The van der Waals surface area contributed by atoms with Crippen molar-refractivity contribution in [2.24, 2.45) is 45.4 Å². The lowest BCUT2D eigenvalue weighted by molar-refractivity contribution is -0.168. The molecule has 1 spiro atoms. The molecule has 0 saturated heterocycles. The van der Waals surface area contributed by atoms with Crippen molar-refractivity contribution in [2.75, 3.05) is 32.8 Å². The van der Waals surface area contributed by atoms with Gasteiger partial charge >= 0.3 is 0 Å². The molecule has 2 aliphatic carbocycles. The number of ether oxygens (including phenoxy) is 1. The minimum atomic E-state index is -1.38. The lowest BCUT2D eigenvalue weighted by atomic mass is 9.52. The number of carbonyl (C=O) groups excluding carboxylic acids is 2. The second kappa shape index (κ2) is 30.0. The van der Waals surface area contributed by atoms with E-state index in [0.29, 0.717) is 80.1 Å². The molecule has 2 saturated carbocycles. The second-order valence-electron chi connectivity index (χ2n) is 25.4. The van der Waals surface area contributed by atoms with Crippen LogP contribution in [0.3, 0.4) is 0 Å². The number of likely N-dealkylation sites (N-methyl/N-ethyl adjacent to an activating group) is 1. The Morgan fingerprint density at radius 2 is 1.69 bits per heavy atom. The number of hydrogen-bond acceptors (Lipinski definition) is 12. The van der Waals surface area contributed by atoms with Crippen molar-refractivity contribution >= 4 is 17.6 Å². The molecule has 15 heteroatoms. The van der Waals surface area contributed by atoms with Crippen LogP contribution in [0, 0.1) is 35.0 Å². The molecule has 88 heavy (non-hydrogen) atoms. The number of fused-ring (bicyclic) bond motifs is 4. The van der Waals surface area contributed by atoms with Gasteiger partial charge in [0, 0.05) is 49.2 Å². The Kier molecular flexibility index (Phi) is 22.3. The summed E-state index contributed by atoms with van der Waals surface area (Å²) >= 11 is 0. The van der Waals surface area contributed by atoms with Crippen molar-refractivity contribution in [2.45, 2.75) is 159 Å². The monoisotopic (exact) mass is 1200 g/mol. The van der Waals surface area contributed by atoms with E-state index in [2.05, 4.69) is 76.6 Å². The van der Waals surface area contributed by atoms with Gasteiger partial charge in [-0.1, -0.05) is 146 Å². The number of hydrogen-bond donors (Lipinski definition) is 11. The van der Waals surface area contributed by atoms with E-state index in [9.17, 15) is 30.3 Å². The van der Waals surface area contributed by atoms with E-state index in [-0.39, 0.29) is 56.3 Å². The summed E-state index contributed by atoms with van der Waals surface area (Å²) in [6, 6.07) is 29.7. The number of aryl methyl sites for hydroxylation is 1. The third kappa shape index (κ3) is 15.5. The zero-order valence-corrected chi connectivity index (χ0v) is 51.6. The lowest BCUT2D eigenvalue weighted by Gasteiger charge is -2.56. The summed E-state index contributed by atoms with van der Waals surface area (Å²) in [4.78, 5) is 34.0. The van der Waals surface area contributed by atoms with Gasteiger partial charge in [-0.2, -0.15) is 0 Å². The number of amides is 1. The predicted molar refractivity (Wildman–Crippen MR) is 347 cm³/mol. The van der Waals surface area contributed by atoms with E-state index in [1.54, 1.807) is 24.3 Å². The highest BCUT2D eigenvalue weighted by atomic mass is 16.5. The fourth-order valence-electron chi connectivity index (χ4n) is 15.0. The number of aliphatic hydroxyl groups excluding tert-OH is 3. The fraction of sp³-hybridized carbons (Fsp3) is 0.466. The molecule has 12 atom stereocenters. The third-order valence-corrected chi connectivity index (χ3v) is 19.8. The Hall–Kier alpha value is -6.97. The number of rotatable bonds is 11. The number of nitrogens with one attached hydrogen (secondary N) is 3. The molecular formula is C73H93N7O8. The Bertz CT molecular complexity index is 3320. The van der Waals surface area contributed by atoms with Crippen LogP contribution in [0.25, 0.3) is 0 Å².